The molecular weight excluding hydrogens is 332 g/mol. The summed E-state index contributed by atoms with van der Waals surface area (Å²) in [5.41, 5.74) is -3.85. The highest BCUT2D eigenvalue weighted by atomic mass is 19.4. The van der Waals surface area contributed by atoms with Gasteiger partial charge in [0, 0.05) is 12.0 Å². The van der Waals surface area contributed by atoms with Crippen molar-refractivity contribution in [3.63, 3.8) is 0 Å². The van der Waals surface area contributed by atoms with E-state index in [4.69, 9.17) is 4.74 Å². The Balaban J connectivity index is 3.36. The second-order valence-electron chi connectivity index (χ2n) is 4.89. The number of halogens is 4. The van der Waals surface area contributed by atoms with Gasteiger partial charge in [0.05, 0.1) is 13.7 Å². The molecule has 4 nitrogen and oxygen atoms in total. The molecule has 0 amide bonds. The number of methoxy groups -OCH3 is 1. The summed E-state index contributed by atoms with van der Waals surface area (Å²) in [6.45, 7) is 2.40. The van der Waals surface area contributed by atoms with Gasteiger partial charge in [0.1, 0.15) is 0 Å². The van der Waals surface area contributed by atoms with Crippen LogP contribution in [-0.4, -0.2) is 36.6 Å². The zero-order valence-corrected chi connectivity index (χ0v) is 13.4. The monoisotopic (exact) mass is 350 g/mol. The number of ether oxygens (including phenoxy) is 2. The Morgan fingerprint density at radius 3 is 2.42 bits per heavy atom. The number of carbonyl (C=O) groups excluding carboxylic acids is 1. The highest BCUT2D eigenvalue weighted by molar-refractivity contribution is 5.84. The summed E-state index contributed by atoms with van der Waals surface area (Å²) in [6, 6.07) is 3.70. The Bertz CT molecular complexity index is 625. The molecule has 1 aromatic carbocycles. The molecule has 1 unspecified atom stereocenters. The predicted molar refractivity (Wildman–Crippen MR) is 78.9 cm³/mol. The molecule has 0 heterocycles. The highest BCUT2D eigenvalue weighted by Crippen LogP contribution is 2.41. The van der Waals surface area contributed by atoms with E-state index in [2.05, 4.69) is 4.74 Å². The van der Waals surface area contributed by atoms with Crippen molar-refractivity contribution in [1.82, 2.24) is 0 Å². The fourth-order valence-electron chi connectivity index (χ4n) is 2.14. The SMILES string of the molecule is C/C=C(\CC(O)(C(=O)OCC)C(F)(F)F)c1cccc(F)c1OC. The zero-order valence-electron chi connectivity index (χ0n) is 13.4. The van der Waals surface area contributed by atoms with Crippen molar-refractivity contribution in [2.24, 2.45) is 0 Å². The minimum atomic E-state index is -5.27. The van der Waals surface area contributed by atoms with E-state index in [1.54, 1.807) is 0 Å². The van der Waals surface area contributed by atoms with Crippen LogP contribution in [0.15, 0.2) is 24.3 Å². The fourth-order valence-corrected chi connectivity index (χ4v) is 2.14. The molecule has 1 rings (SSSR count). The number of esters is 1. The van der Waals surface area contributed by atoms with Crippen molar-refractivity contribution in [3.8, 4) is 5.75 Å². The largest absolute Gasteiger partial charge is 0.493 e. The second-order valence-corrected chi connectivity index (χ2v) is 4.89. The molecule has 0 aliphatic rings. The van der Waals surface area contributed by atoms with E-state index in [9.17, 15) is 27.5 Å². The first kappa shape index (κ1) is 20.0. The van der Waals surface area contributed by atoms with Crippen LogP contribution in [0.4, 0.5) is 17.6 Å². The molecule has 0 fully saturated rings. The van der Waals surface area contributed by atoms with Crippen LogP contribution in [0.25, 0.3) is 5.57 Å². The molecule has 0 spiro atoms. The average molecular weight is 350 g/mol. The number of rotatable bonds is 6. The molecule has 0 aromatic heterocycles. The molecule has 0 saturated heterocycles. The first-order valence-corrected chi connectivity index (χ1v) is 7.06. The third kappa shape index (κ3) is 3.87. The van der Waals surface area contributed by atoms with Gasteiger partial charge in [-0.3, -0.25) is 0 Å². The summed E-state index contributed by atoms with van der Waals surface area (Å²) in [5.74, 6) is -2.87. The van der Waals surface area contributed by atoms with E-state index in [-0.39, 0.29) is 23.5 Å². The summed E-state index contributed by atoms with van der Waals surface area (Å²) < 4.78 is 62.8. The van der Waals surface area contributed by atoms with Gasteiger partial charge < -0.3 is 14.6 Å². The van der Waals surface area contributed by atoms with Crippen LogP contribution in [0.3, 0.4) is 0 Å². The van der Waals surface area contributed by atoms with Crippen LogP contribution in [0, 0.1) is 5.82 Å². The van der Waals surface area contributed by atoms with E-state index in [0.29, 0.717) is 0 Å². The molecule has 0 bridgehead atoms. The Hall–Kier alpha value is -2.09. The molecule has 8 heteroatoms. The molecule has 1 atom stereocenters. The van der Waals surface area contributed by atoms with Gasteiger partial charge in [-0.25, -0.2) is 9.18 Å². The van der Waals surface area contributed by atoms with Crippen LogP contribution < -0.4 is 4.74 Å². The van der Waals surface area contributed by atoms with Crippen LogP contribution >= 0.6 is 0 Å². The number of carbonyl (C=O) groups is 1. The van der Waals surface area contributed by atoms with E-state index in [0.717, 1.165) is 13.2 Å². The van der Waals surface area contributed by atoms with Gasteiger partial charge in [0.25, 0.3) is 5.60 Å². The number of para-hydroxylation sites is 1. The van der Waals surface area contributed by atoms with Crippen molar-refractivity contribution in [1.29, 1.82) is 0 Å². The first-order valence-electron chi connectivity index (χ1n) is 7.06. The predicted octanol–water partition coefficient (Wildman–Crippen LogP) is 3.48. The maximum atomic E-state index is 13.8. The van der Waals surface area contributed by atoms with E-state index in [1.807, 2.05) is 0 Å². The third-order valence-electron chi connectivity index (χ3n) is 3.39. The lowest BCUT2D eigenvalue weighted by Crippen LogP contribution is -2.53. The summed E-state index contributed by atoms with van der Waals surface area (Å²) in [5, 5.41) is 9.97. The molecular formula is C16H18F4O4. The third-order valence-corrected chi connectivity index (χ3v) is 3.39. The van der Waals surface area contributed by atoms with E-state index in [1.165, 1.54) is 32.1 Å². The first-order chi connectivity index (χ1) is 11.1. The fraction of sp³-hybridized carbons (Fsp3) is 0.438. The van der Waals surface area contributed by atoms with Gasteiger partial charge >= 0.3 is 12.1 Å². The van der Waals surface area contributed by atoms with E-state index >= 15 is 0 Å². The lowest BCUT2D eigenvalue weighted by atomic mass is 9.89. The Morgan fingerprint density at radius 2 is 1.96 bits per heavy atom. The maximum Gasteiger partial charge on any atom is 0.428 e. The van der Waals surface area contributed by atoms with Gasteiger partial charge in [0.2, 0.25) is 0 Å². The Kier molecular flexibility index (Phi) is 6.36. The van der Waals surface area contributed by atoms with Crippen molar-refractivity contribution in [2.45, 2.75) is 32.0 Å². The molecule has 0 aliphatic carbocycles. The molecule has 0 aliphatic heterocycles. The number of aliphatic hydroxyl groups is 1. The van der Waals surface area contributed by atoms with Crippen molar-refractivity contribution in [2.75, 3.05) is 13.7 Å². The highest BCUT2D eigenvalue weighted by Gasteiger charge is 2.61. The minimum Gasteiger partial charge on any atom is -0.493 e. The van der Waals surface area contributed by atoms with Crippen LogP contribution in [0.5, 0.6) is 5.75 Å². The molecule has 0 saturated carbocycles. The number of hydrogen-bond acceptors (Lipinski definition) is 4. The quantitative estimate of drug-likeness (QED) is 0.630. The van der Waals surface area contributed by atoms with Crippen molar-refractivity contribution in [3.05, 3.63) is 35.7 Å². The van der Waals surface area contributed by atoms with Crippen molar-refractivity contribution < 1.29 is 36.9 Å². The van der Waals surface area contributed by atoms with Gasteiger partial charge in [-0.15, -0.1) is 0 Å². The second kappa shape index (κ2) is 7.65. The lowest BCUT2D eigenvalue weighted by molar-refractivity contribution is -0.260. The van der Waals surface area contributed by atoms with Crippen LogP contribution in [0.2, 0.25) is 0 Å². The minimum absolute atomic E-state index is 0.00646. The van der Waals surface area contributed by atoms with Crippen molar-refractivity contribution >= 4 is 11.5 Å². The van der Waals surface area contributed by atoms with Gasteiger partial charge in [-0.05, 0) is 25.5 Å². The van der Waals surface area contributed by atoms with Crippen LogP contribution in [-0.2, 0) is 9.53 Å². The maximum absolute atomic E-state index is 13.8. The summed E-state index contributed by atoms with van der Waals surface area (Å²) in [6.07, 6.45) is -5.16. The Labute approximate surface area is 136 Å². The van der Waals surface area contributed by atoms with E-state index < -0.39 is 30.0 Å². The number of benzene rings is 1. The summed E-state index contributed by atoms with van der Waals surface area (Å²) in [7, 11) is 1.16. The smallest absolute Gasteiger partial charge is 0.428 e. The van der Waals surface area contributed by atoms with Gasteiger partial charge in [-0.2, -0.15) is 13.2 Å². The van der Waals surface area contributed by atoms with Gasteiger partial charge in [0.15, 0.2) is 11.6 Å². The number of alkyl halides is 3. The van der Waals surface area contributed by atoms with Gasteiger partial charge in [-0.1, -0.05) is 18.2 Å². The lowest BCUT2D eigenvalue weighted by Gasteiger charge is -2.29. The molecule has 1 aromatic rings. The topological polar surface area (TPSA) is 55.8 Å². The molecule has 0 radical (unpaired) electrons. The summed E-state index contributed by atoms with van der Waals surface area (Å²) in [4.78, 5) is 11.7. The normalized spacial score (nSPS) is 14.9. The number of allylic oxidation sites excluding steroid dienone is 1. The molecule has 24 heavy (non-hydrogen) atoms. The molecule has 1 N–H and O–H groups in total. The molecule has 134 valence electrons. The standard InChI is InChI=1S/C16H18F4O4/c1-4-10(11-7-6-8-12(17)13(11)23-3)9-15(22,16(18,19)20)14(21)24-5-2/h4,6-8,22H,5,9H2,1-3H3/b10-4+. The van der Waals surface area contributed by atoms with Crippen LogP contribution in [0.1, 0.15) is 25.8 Å². The number of hydrogen-bond donors (Lipinski definition) is 1. The average Bonchev–Trinajstić information content (AvgIpc) is 2.51. The Morgan fingerprint density at radius 1 is 1.33 bits per heavy atom. The zero-order chi connectivity index (χ0) is 18.5. The summed E-state index contributed by atoms with van der Waals surface area (Å²) >= 11 is 0.